The summed E-state index contributed by atoms with van der Waals surface area (Å²) in [6.07, 6.45) is -3.84. The summed E-state index contributed by atoms with van der Waals surface area (Å²) in [6.45, 7) is 1.70. The van der Waals surface area contributed by atoms with Crippen LogP contribution in [0.1, 0.15) is 16.1 Å². The van der Waals surface area contributed by atoms with E-state index in [1.807, 2.05) is 6.92 Å². The van der Waals surface area contributed by atoms with Gasteiger partial charge >= 0.3 is 6.18 Å². The normalized spacial score (nSPS) is 13.4. The van der Waals surface area contributed by atoms with Crippen molar-refractivity contribution in [3.8, 4) is 10.6 Å². The topological polar surface area (TPSA) is 59.1 Å². The van der Waals surface area contributed by atoms with Gasteiger partial charge in [0.25, 0.3) is 0 Å². The molecule has 0 spiro atoms. The Kier molecular flexibility index (Phi) is 4.65. The molecule has 0 amide bonds. The lowest BCUT2D eigenvalue weighted by Crippen LogP contribution is -2.26. The van der Waals surface area contributed by atoms with Gasteiger partial charge < -0.3 is 10.8 Å². The molecule has 0 aliphatic heterocycles. The van der Waals surface area contributed by atoms with E-state index in [-0.39, 0.29) is 12.6 Å². The first-order chi connectivity index (χ1) is 9.81. The molecular weight excluding hydrogens is 301 g/mol. The van der Waals surface area contributed by atoms with Crippen molar-refractivity contribution in [2.45, 2.75) is 25.6 Å². The second-order valence-corrected chi connectivity index (χ2v) is 5.83. The molecule has 0 aliphatic carbocycles. The molecule has 1 aromatic carbocycles. The third kappa shape index (κ3) is 3.81. The van der Waals surface area contributed by atoms with E-state index in [2.05, 4.69) is 4.98 Å². The number of benzene rings is 1. The number of rotatable bonds is 4. The van der Waals surface area contributed by atoms with Gasteiger partial charge in [-0.3, -0.25) is 0 Å². The maximum atomic E-state index is 12.5. The molecule has 21 heavy (non-hydrogen) atoms. The van der Waals surface area contributed by atoms with Crippen molar-refractivity contribution in [3.63, 3.8) is 0 Å². The summed E-state index contributed by atoms with van der Waals surface area (Å²) >= 11 is 1.39. The first kappa shape index (κ1) is 15.9. The maximum absolute atomic E-state index is 12.5. The quantitative estimate of drug-likeness (QED) is 0.911. The molecule has 0 saturated heterocycles. The molecule has 1 heterocycles. The standard InChI is InChI=1S/C14H15F3N2OS/c1-8-12(6-11(18)7-20)21-13(19-8)9-2-4-10(5-3-9)14(15,16)17/h2-5,11,20H,6-7,18H2,1H3. The summed E-state index contributed by atoms with van der Waals surface area (Å²) in [5.41, 5.74) is 6.44. The fourth-order valence-corrected chi connectivity index (χ4v) is 3.01. The van der Waals surface area contributed by atoms with Crippen LogP contribution in [-0.4, -0.2) is 22.7 Å². The Balaban J connectivity index is 2.24. The highest BCUT2D eigenvalue weighted by Gasteiger charge is 2.30. The molecule has 1 atom stereocenters. The third-order valence-corrected chi connectivity index (χ3v) is 4.26. The number of alkyl halides is 3. The van der Waals surface area contributed by atoms with Crippen molar-refractivity contribution < 1.29 is 18.3 Å². The largest absolute Gasteiger partial charge is 0.416 e. The smallest absolute Gasteiger partial charge is 0.395 e. The minimum Gasteiger partial charge on any atom is -0.395 e. The summed E-state index contributed by atoms with van der Waals surface area (Å²) in [4.78, 5) is 5.30. The number of halogens is 3. The van der Waals surface area contributed by atoms with Gasteiger partial charge in [-0.2, -0.15) is 13.2 Å². The molecule has 7 heteroatoms. The highest BCUT2D eigenvalue weighted by atomic mass is 32.1. The Hall–Kier alpha value is -1.44. The second-order valence-electron chi connectivity index (χ2n) is 4.75. The maximum Gasteiger partial charge on any atom is 0.416 e. The van der Waals surface area contributed by atoms with Crippen molar-refractivity contribution in [1.82, 2.24) is 4.98 Å². The molecule has 0 radical (unpaired) electrons. The number of aromatic nitrogens is 1. The number of aliphatic hydroxyl groups excluding tert-OH is 1. The number of aliphatic hydroxyl groups is 1. The average Bonchev–Trinajstić information content (AvgIpc) is 2.79. The van der Waals surface area contributed by atoms with E-state index in [9.17, 15) is 13.2 Å². The van der Waals surface area contributed by atoms with Crippen LogP contribution in [0.3, 0.4) is 0 Å². The fourth-order valence-electron chi connectivity index (χ4n) is 1.85. The van der Waals surface area contributed by atoms with E-state index in [0.29, 0.717) is 17.0 Å². The van der Waals surface area contributed by atoms with Gasteiger partial charge in [0.05, 0.1) is 17.9 Å². The zero-order chi connectivity index (χ0) is 15.6. The van der Waals surface area contributed by atoms with Crippen LogP contribution in [0, 0.1) is 6.92 Å². The van der Waals surface area contributed by atoms with Crippen molar-refractivity contribution in [2.75, 3.05) is 6.61 Å². The first-order valence-corrected chi connectivity index (χ1v) is 7.13. The van der Waals surface area contributed by atoms with E-state index < -0.39 is 11.7 Å². The Labute approximate surface area is 124 Å². The van der Waals surface area contributed by atoms with Crippen LogP contribution in [-0.2, 0) is 12.6 Å². The Bertz CT molecular complexity index is 608. The van der Waals surface area contributed by atoms with Crippen molar-refractivity contribution in [2.24, 2.45) is 5.73 Å². The fraction of sp³-hybridized carbons (Fsp3) is 0.357. The number of aryl methyl sites for hydroxylation is 1. The Morgan fingerprint density at radius 1 is 1.29 bits per heavy atom. The minimum absolute atomic E-state index is 0.118. The number of nitrogens with two attached hydrogens (primary N) is 1. The molecule has 0 saturated carbocycles. The Morgan fingerprint density at radius 3 is 2.43 bits per heavy atom. The highest BCUT2D eigenvalue weighted by Crippen LogP contribution is 2.33. The Morgan fingerprint density at radius 2 is 1.90 bits per heavy atom. The van der Waals surface area contributed by atoms with E-state index in [4.69, 9.17) is 10.8 Å². The lowest BCUT2D eigenvalue weighted by atomic mass is 10.1. The second kappa shape index (κ2) is 6.13. The molecule has 3 nitrogen and oxygen atoms in total. The van der Waals surface area contributed by atoms with Crippen molar-refractivity contribution in [1.29, 1.82) is 0 Å². The van der Waals surface area contributed by atoms with Gasteiger partial charge in [0.1, 0.15) is 5.01 Å². The third-order valence-electron chi connectivity index (χ3n) is 3.03. The molecular formula is C14H15F3N2OS. The summed E-state index contributed by atoms with van der Waals surface area (Å²) in [6, 6.07) is 4.56. The summed E-state index contributed by atoms with van der Waals surface area (Å²) in [5, 5.41) is 9.62. The lowest BCUT2D eigenvalue weighted by molar-refractivity contribution is -0.137. The molecule has 3 N–H and O–H groups in total. The van der Waals surface area contributed by atoms with E-state index in [0.717, 1.165) is 22.7 Å². The van der Waals surface area contributed by atoms with Crippen LogP contribution in [0.5, 0.6) is 0 Å². The van der Waals surface area contributed by atoms with Crippen molar-refractivity contribution in [3.05, 3.63) is 40.4 Å². The molecule has 2 aromatic rings. The van der Waals surface area contributed by atoms with Crippen LogP contribution in [0.25, 0.3) is 10.6 Å². The summed E-state index contributed by atoms with van der Waals surface area (Å²) in [5.74, 6) is 0. The molecule has 0 aliphatic rings. The summed E-state index contributed by atoms with van der Waals surface area (Å²) < 4.78 is 37.6. The zero-order valence-corrected chi connectivity index (χ0v) is 12.1. The number of nitrogens with zero attached hydrogens (tertiary/aromatic N) is 1. The van der Waals surface area contributed by atoms with Gasteiger partial charge in [0.15, 0.2) is 0 Å². The van der Waals surface area contributed by atoms with Crippen LogP contribution in [0.4, 0.5) is 13.2 Å². The molecule has 0 bridgehead atoms. The van der Waals surface area contributed by atoms with Gasteiger partial charge in [-0.25, -0.2) is 4.98 Å². The van der Waals surface area contributed by atoms with E-state index >= 15 is 0 Å². The first-order valence-electron chi connectivity index (χ1n) is 6.31. The van der Waals surface area contributed by atoms with E-state index in [1.54, 1.807) is 0 Å². The monoisotopic (exact) mass is 316 g/mol. The molecule has 1 unspecified atom stereocenters. The number of hydrogen-bond donors (Lipinski definition) is 2. The van der Waals surface area contributed by atoms with Crippen LogP contribution >= 0.6 is 11.3 Å². The van der Waals surface area contributed by atoms with Gasteiger partial charge in [-0.05, 0) is 19.1 Å². The summed E-state index contributed by atoms with van der Waals surface area (Å²) in [7, 11) is 0. The molecule has 1 aromatic heterocycles. The van der Waals surface area contributed by atoms with Gasteiger partial charge in [-0.1, -0.05) is 12.1 Å². The lowest BCUT2D eigenvalue weighted by Gasteiger charge is -2.06. The van der Waals surface area contributed by atoms with Gasteiger partial charge in [0, 0.05) is 22.9 Å². The highest BCUT2D eigenvalue weighted by molar-refractivity contribution is 7.15. The van der Waals surface area contributed by atoms with Gasteiger partial charge in [0.2, 0.25) is 0 Å². The average molecular weight is 316 g/mol. The van der Waals surface area contributed by atoms with Crippen LogP contribution < -0.4 is 5.73 Å². The molecule has 0 fully saturated rings. The van der Waals surface area contributed by atoms with Crippen LogP contribution in [0.2, 0.25) is 0 Å². The zero-order valence-electron chi connectivity index (χ0n) is 11.3. The predicted molar refractivity (Wildman–Crippen MR) is 76.1 cm³/mol. The van der Waals surface area contributed by atoms with Crippen LogP contribution in [0.15, 0.2) is 24.3 Å². The minimum atomic E-state index is -4.34. The van der Waals surface area contributed by atoms with Crippen molar-refractivity contribution >= 4 is 11.3 Å². The molecule has 114 valence electrons. The number of hydrogen-bond acceptors (Lipinski definition) is 4. The predicted octanol–water partition coefficient (Wildman–Crippen LogP) is 3.00. The number of thiazole rings is 1. The van der Waals surface area contributed by atoms with E-state index in [1.165, 1.54) is 23.5 Å². The van der Waals surface area contributed by atoms with Gasteiger partial charge in [-0.15, -0.1) is 11.3 Å². The molecule has 2 rings (SSSR count). The SMILES string of the molecule is Cc1nc(-c2ccc(C(F)(F)F)cc2)sc1CC(N)CO.